The van der Waals surface area contributed by atoms with E-state index in [0.29, 0.717) is 30.4 Å². The average molecular weight is 333 g/mol. The molecule has 5 nitrogen and oxygen atoms in total. The monoisotopic (exact) mass is 333 g/mol. The number of nitrogens with one attached hydrogen (secondary N) is 1. The molecule has 0 radical (unpaired) electrons. The zero-order chi connectivity index (χ0) is 17.4. The lowest BCUT2D eigenvalue weighted by atomic mass is 9.86. The van der Waals surface area contributed by atoms with E-state index >= 15 is 0 Å². The van der Waals surface area contributed by atoms with Gasteiger partial charge in [0.1, 0.15) is 5.75 Å². The van der Waals surface area contributed by atoms with Crippen LogP contribution in [0.5, 0.6) is 5.75 Å². The minimum atomic E-state index is -1.02. The number of amides is 1. The molecule has 1 aromatic rings. The van der Waals surface area contributed by atoms with Crippen LogP contribution in [0.25, 0.3) is 0 Å². The fourth-order valence-electron chi connectivity index (χ4n) is 3.12. The van der Waals surface area contributed by atoms with E-state index in [1.165, 1.54) is 44.2 Å². The summed E-state index contributed by atoms with van der Waals surface area (Å²) in [6.45, 7) is 2.52. The second-order valence-corrected chi connectivity index (χ2v) is 6.46. The van der Waals surface area contributed by atoms with Gasteiger partial charge in [-0.1, -0.05) is 39.0 Å². The molecule has 0 unspecified atom stereocenters. The third-order valence-electron chi connectivity index (χ3n) is 4.47. The molecule has 2 rings (SSSR count). The number of anilines is 1. The maximum absolute atomic E-state index is 12.2. The molecule has 24 heavy (non-hydrogen) atoms. The summed E-state index contributed by atoms with van der Waals surface area (Å²) in [5.74, 6) is 0.0674. The van der Waals surface area contributed by atoms with E-state index in [1.54, 1.807) is 6.07 Å². The van der Waals surface area contributed by atoms with Crippen molar-refractivity contribution in [1.29, 1.82) is 0 Å². The van der Waals surface area contributed by atoms with Crippen LogP contribution in [0.2, 0.25) is 0 Å². The van der Waals surface area contributed by atoms with Crippen molar-refractivity contribution in [2.75, 3.05) is 11.9 Å². The molecule has 1 aliphatic rings. The molecule has 132 valence electrons. The quantitative estimate of drug-likeness (QED) is 0.736. The summed E-state index contributed by atoms with van der Waals surface area (Å²) in [5.41, 5.74) is 0.582. The molecule has 0 saturated heterocycles. The Morgan fingerprint density at radius 1 is 1.25 bits per heavy atom. The van der Waals surface area contributed by atoms with Crippen LogP contribution in [0, 0.1) is 5.92 Å². The maximum Gasteiger partial charge on any atom is 0.335 e. The molecule has 0 bridgehead atoms. The molecule has 2 N–H and O–H groups in total. The van der Waals surface area contributed by atoms with Crippen LogP contribution in [0.4, 0.5) is 5.69 Å². The fourth-order valence-corrected chi connectivity index (χ4v) is 3.12. The number of hydrogen-bond acceptors (Lipinski definition) is 3. The van der Waals surface area contributed by atoms with E-state index in [0.717, 1.165) is 12.8 Å². The van der Waals surface area contributed by atoms with E-state index in [9.17, 15) is 9.59 Å². The number of hydrogen-bond donors (Lipinski definition) is 2. The number of ether oxygens (including phenoxy) is 1. The van der Waals surface area contributed by atoms with E-state index in [4.69, 9.17) is 9.84 Å². The second kappa shape index (κ2) is 9.30. The molecular weight excluding hydrogens is 306 g/mol. The van der Waals surface area contributed by atoms with Gasteiger partial charge in [-0.15, -0.1) is 0 Å². The minimum absolute atomic E-state index is 0.0792. The Bertz CT molecular complexity index is 564. The largest absolute Gasteiger partial charge is 0.491 e. The molecule has 0 aromatic heterocycles. The Balaban J connectivity index is 1.98. The highest BCUT2D eigenvalue weighted by Gasteiger charge is 2.16. The molecule has 0 aliphatic heterocycles. The van der Waals surface area contributed by atoms with Crippen LogP contribution in [0.1, 0.15) is 68.6 Å². The van der Waals surface area contributed by atoms with Gasteiger partial charge in [0, 0.05) is 6.42 Å². The SMILES string of the molecule is CCCOc1ccc(C(=O)O)cc1NC(=O)CCC1CCCCC1. The average Bonchev–Trinajstić information content (AvgIpc) is 2.59. The van der Waals surface area contributed by atoms with Gasteiger partial charge in [-0.2, -0.15) is 0 Å². The lowest BCUT2D eigenvalue weighted by molar-refractivity contribution is -0.116. The van der Waals surface area contributed by atoms with E-state index in [2.05, 4.69) is 5.32 Å². The number of benzene rings is 1. The maximum atomic E-state index is 12.2. The number of rotatable bonds is 8. The van der Waals surface area contributed by atoms with Gasteiger partial charge in [0.2, 0.25) is 5.91 Å². The van der Waals surface area contributed by atoms with Crippen LogP contribution in [0.15, 0.2) is 18.2 Å². The first kappa shape index (κ1) is 18.3. The summed E-state index contributed by atoms with van der Waals surface area (Å²) < 4.78 is 5.61. The highest BCUT2D eigenvalue weighted by Crippen LogP contribution is 2.29. The zero-order valence-electron chi connectivity index (χ0n) is 14.3. The Morgan fingerprint density at radius 3 is 2.67 bits per heavy atom. The minimum Gasteiger partial charge on any atom is -0.491 e. The van der Waals surface area contributed by atoms with Crippen LogP contribution in [-0.4, -0.2) is 23.6 Å². The zero-order valence-corrected chi connectivity index (χ0v) is 14.3. The van der Waals surface area contributed by atoms with Crippen molar-refractivity contribution in [2.45, 2.75) is 58.3 Å². The molecule has 0 spiro atoms. The predicted octanol–water partition coefficient (Wildman–Crippen LogP) is 4.47. The number of carbonyl (C=O) groups excluding carboxylic acids is 1. The smallest absolute Gasteiger partial charge is 0.335 e. The van der Waals surface area contributed by atoms with E-state index in [-0.39, 0.29) is 11.5 Å². The number of carboxylic acids is 1. The van der Waals surface area contributed by atoms with Gasteiger partial charge in [-0.25, -0.2) is 4.79 Å². The van der Waals surface area contributed by atoms with Crippen LogP contribution < -0.4 is 10.1 Å². The summed E-state index contributed by atoms with van der Waals surface area (Å²) in [7, 11) is 0. The van der Waals surface area contributed by atoms with Gasteiger partial charge < -0.3 is 15.2 Å². The van der Waals surface area contributed by atoms with Crippen molar-refractivity contribution in [3.05, 3.63) is 23.8 Å². The first-order chi connectivity index (χ1) is 11.6. The van der Waals surface area contributed by atoms with E-state index < -0.39 is 5.97 Å². The number of carbonyl (C=O) groups is 2. The lowest BCUT2D eigenvalue weighted by Gasteiger charge is -2.21. The summed E-state index contributed by atoms with van der Waals surface area (Å²) in [4.78, 5) is 23.4. The number of carboxylic acid groups (broad SMARTS) is 1. The molecular formula is C19H27NO4. The van der Waals surface area contributed by atoms with Gasteiger partial charge in [-0.3, -0.25) is 4.79 Å². The third-order valence-corrected chi connectivity index (χ3v) is 4.47. The normalized spacial score (nSPS) is 15.0. The van der Waals surface area contributed by atoms with E-state index in [1.807, 2.05) is 6.92 Å². The molecule has 1 aliphatic carbocycles. The second-order valence-electron chi connectivity index (χ2n) is 6.46. The highest BCUT2D eigenvalue weighted by atomic mass is 16.5. The van der Waals surface area contributed by atoms with Crippen molar-refractivity contribution in [3.63, 3.8) is 0 Å². The van der Waals surface area contributed by atoms with Gasteiger partial charge in [0.15, 0.2) is 0 Å². The fraction of sp³-hybridized carbons (Fsp3) is 0.579. The van der Waals surface area contributed by atoms with Gasteiger partial charge in [-0.05, 0) is 37.0 Å². The number of aromatic carboxylic acids is 1. The topological polar surface area (TPSA) is 75.6 Å². The van der Waals surface area contributed by atoms with Crippen molar-refractivity contribution >= 4 is 17.6 Å². The predicted molar refractivity (Wildman–Crippen MR) is 93.6 cm³/mol. The molecule has 1 amide bonds. The van der Waals surface area contributed by atoms with Gasteiger partial charge in [0.25, 0.3) is 0 Å². The summed E-state index contributed by atoms with van der Waals surface area (Å²) in [6.07, 6.45) is 8.48. The first-order valence-corrected chi connectivity index (χ1v) is 8.90. The van der Waals surface area contributed by atoms with Crippen molar-refractivity contribution < 1.29 is 19.4 Å². The van der Waals surface area contributed by atoms with Crippen molar-refractivity contribution in [3.8, 4) is 5.75 Å². The van der Waals surface area contributed by atoms with Crippen LogP contribution in [-0.2, 0) is 4.79 Å². The van der Waals surface area contributed by atoms with Crippen LogP contribution in [0.3, 0.4) is 0 Å². The summed E-state index contributed by atoms with van der Waals surface area (Å²) in [5, 5.41) is 12.0. The van der Waals surface area contributed by atoms with Crippen LogP contribution >= 0.6 is 0 Å². The standard InChI is InChI=1S/C19H27NO4/c1-2-12-24-17-10-9-15(19(22)23)13-16(17)20-18(21)11-8-14-6-4-3-5-7-14/h9-10,13-14H,2-8,11-12H2,1H3,(H,20,21)(H,22,23). The summed E-state index contributed by atoms with van der Waals surface area (Å²) >= 11 is 0. The Morgan fingerprint density at radius 2 is 2.00 bits per heavy atom. The third kappa shape index (κ3) is 5.55. The van der Waals surface area contributed by atoms with Crippen molar-refractivity contribution in [1.82, 2.24) is 0 Å². The Kier molecular flexibility index (Phi) is 7.09. The first-order valence-electron chi connectivity index (χ1n) is 8.90. The molecule has 1 saturated carbocycles. The highest BCUT2D eigenvalue weighted by molar-refractivity contribution is 5.95. The Labute approximate surface area is 143 Å². The summed E-state index contributed by atoms with van der Waals surface area (Å²) in [6, 6.07) is 4.56. The molecule has 0 atom stereocenters. The molecule has 1 aromatic carbocycles. The van der Waals surface area contributed by atoms with Crippen molar-refractivity contribution in [2.24, 2.45) is 5.92 Å². The van der Waals surface area contributed by atoms with Gasteiger partial charge in [0.05, 0.1) is 17.9 Å². The lowest BCUT2D eigenvalue weighted by Crippen LogP contribution is -2.16. The van der Waals surface area contributed by atoms with Gasteiger partial charge >= 0.3 is 5.97 Å². The molecule has 0 heterocycles. The molecule has 1 fully saturated rings. The Hall–Kier alpha value is -2.04. The molecule has 5 heteroatoms.